The van der Waals surface area contributed by atoms with Gasteiger partial charge in [0.15, 0.2) is 0 Å². The molecule has 2 rings (SSSR count). The maximum atomic E-state index is 12.0. The Kier molecular flexibility index (Phi) is 5.89. The highest BCUT2D eigenvalue weighted by atomic mass is 19.1. The third-order valence-electron chi connectivity index (χ3n) is 4.77. The lowest BCUT2D eigenvalue weighted by Crippen LogP contribution is -2.25. The lowest BCUT2D eigenvalue weighted by atomic mass is 9.71. The van der Waals surface area contributed by atoms with Crippen LogP contribution in [-0.4, -0.2) is 12.5 Å². The Morgan fingerprint density at radius 2 is 1.63 bits per heavy atom. The van der Waals surface area contributed by atoms with E-state index in [1.165, 1.54) is 25.7 Å². The van der Waals surface area contributed by atoms with Crippen molar-refractivity contribution in [3.8, 4) is 11.8 Å². The zero-order chi connectivity index (χ0) is 13.5. The fourth-order valence-electron chi connectivity index (χ4n) is 3.54. The molecule has 0 aromatic rings. The molecule has 0 unspecified atom stereocenters. The highest BCUT2D eigenvalue weighted by Crippen LogP contribution is 2.39. The smallest absolute Gasteiger partial charge is 0.132 e. The number of hydrogen-bond acceptors (Lipinski definition) is 1. The fraction of sp³-hybridized carbons (Fsp3) is 0.824. The molecule has 0 heterocycles. The average molecular weight is 264 g/mol. The summed E-state index contributed by atoms with van der Waals surface area (Å²) in [7, 11) is 0. The van der Waals surface area contributed by atoms with E-state index in [9.17, 15) is 9.18 Å². The maximum Gasteiger partial charge on any atom is 0.132 e. The third kappa shape index (κ3) is 4.64. The Balaban J connectivity index is 1.69. The first-order valence-corrected chi connectivity index (χ1v) is 7.85. The van der Waals surface area contributed by atoms with Crippen LogP contribution in [0.5, 0.6) is 0 Å². The van der Waals surface area contributed by atoms with Gasteiger partial charge in [-0.2, -0.15) is 0 Å². The molecule has 106 valence electrons. The van der Waals surface area contributed by atoms with Crippen LogP contribution in [0.2, 0.25) is 0 Å². The van der Waals surface area contributed by atoms with E-state index in [1.807, 2.05) is 0 Å². The standard InChI is InChI=1S/C17H25FO/c18-13-3-1-2-4-14-5-7-15(8-6-14)16-9-11-17(19)12-10-16/h14-16H,1,3,5-13H2. The van der Waals surface area contributed by atoms with E-state index in [2.05, 4.69) is 11.8 Å². The van der Waals surface area contributed by atoms with Gasteiger partial charge in [0, 0.05) is 25.2 Å². The molecule has 19 heavy (non-hydrogen) atoms. The highest BCUT2D eigenvalue weighted by molar-refractivity contribution is 5.79. The summed E-state index contributed by atoms with van der Waals surface area (Å²) in [5.74, 6) is 9.06. The average Bonchev–Trinajstić information content (AvgIpc) is 2.45. The van der Waals surface area contributed by atoms with Crippen LogP contribution < -0.4 is 0 Å². The monoisotopic (exact) mass is 264 g/mol. The molecule has 0 N–H and O–H groups in total. The summed E-state index contributed by atoms with van der Waals surface area (Å²) in [4.78, 5) is 11.3. The van der Waals surface area contributed by atoms with Gasteiger partial charge in [0.25, 0.3) is 0 Å². The van der Waals surface area contributed by atoms with Crippen molar-refractivity contribution in [3.05, 3.63) is 0 Å². The van der Waals surface area contributed by atoms with E-state index in [0.29, 0.717) is 24.5 Å². The van der Waals surface area contributed by atoms with Crippen molar-refractivity contribution < 1.29 is 9.18 Å². The fourth-order valence-corrected chi connectivity index (χ4v) is 3.54. The number of alkyl halides is 1. The van der Waals surface area contributed by atoms with E-state index >= 15 is 0 Å². The van der Waals surface area contributed by atoms with Crippen LogP contribution in [-0.2, 0) is 4.79 Å². The molecule has 0 aliphatic heterocycles. The first kappa shape index (κ1) is 14.6. The van der Waals surface area contributed by atoms with Crippen LogP contribution >= 0.6 is 0 Å². The van der Waals surface area contributed by atoms with Crippen LogP contribution in [0.4, 0.5) is 4.39 Å². The van der Waals surface area contributed by atoms with Crippen molar-refractivity contribution in [1.29, 1.82) is 0 Å². The number of carbonyl (C=O) groups is 1. The van der Waals surface area contributed by atoms with E-state index in [0.717, 1.165) is 37.5 Å². The van der Waals surface area contributed by atoms with Gasteiger partial charge in [-0.25, -0.2) is 0 Å². The molecule has 0 radical (unpaired) electrons. The molecule has 1 nitrogen and oxygen atoms in total. The first-order valence-electron chi connectivity index (χ1n) is 7.85. The van der Waals surface area contributed by atoms with Crippen molar-refractivity contribution in [1.82, 2.24) is 0 Å². The van der Waals surface area contributed by atoms with Crippen LogP contribution in [0.15, 0.2) is 0 Å². The number of halogens is 1. The number of rotatable bonds is 3. The van der Waals surface area contributed by atoms with Gasteiger partial charge in [0.1, 0.15) is 5.78 Å². The third-order valence-corrected chi connectivity index (χ3v) is 4.77. The molecule has 0 atom stereocenters. The Bertz CT molecular complexity index is 334. The van der Waals surface area contributed by atoms with Gasteiger partial charge in [-0.3, -0.25) is 9.18 Å². The number of hydrogen-bond donors (Lipinski definition) is 0. The van der Waals surface area contributed by atoms with Crippen LogP contribution in [0.3, 0.4) is 0 Å². The molecule has 2 heteroatoms. The summed E-state index contributed by atoms with van der Waals surface area (Å²) in [6.45, 7) is -0.248. The number of carbonyl (C=O) groups excluding carboxylic acids is 1. The molecule has 2 saturated carbocycles. The van der Waals surface area contributed by atoms with Crippen molar-refractivity contribution >= 4 is 5.78 Å². The van der Waals surface area contributed by atoms with Crippen LogP contribution in [0.25, 0.3) is 0 Å². The summed E-state index contributed by atoms with van der Waals surface area (Å²) in [6.07, 6.45) is 10.1. The van der Waals surface area contributed by atoms with Gasteiger partial charge in [0.2, 0.25) is 0 Å². The zero-order valence-corrected chi connectivity index (χ0v) is 11.8. The van der Waals surface area contributed by atoms with E-state index in [-0.39, 0.29) is 6.67 Å². The van der Waals surface area contributed by atoms with Gasteiger partial charge >= 0.3 is 0 Å². The molecule has 2 aliphatic rings. The molecule has 0 bridgehead atoms. The van der Waals surface area contributed by atoms with Crippen LogP contribution in [0, 0.1) is 29.6 Å². The predicted octanol–water partition coefficient (Wildman–Crippen LogP) is 4.31. The molecule has 0 saturated heterocycles. The first-order chi connectivity index (χ1) is 9.29. The Morgan fingerprint density at radius 1 is 1.00 bits per heavy atom. The molecule has 2 fully saturated rings. The van der Waals surface area contributed by atoms with Gasteiger partial charge < -0.3 is 0 Å². The maximum absolute atomic E-state index is 12.0. The van der Waals surface area contributed by atoms with E-state index < -0.39 is 0 Å². The summed E-state index contributed by atoms with van der Waals surface area (Å²) < 4.78 is 12.0. The second-order valence-corrected chi connectivity index (χ2v) is 6.10. The SMILES string of the molecule is O=C1CCC(C2CCC(C#CCCCF)CC2)CC1. The van der Waals surface area contributed by atoms with Crippen molar-refractivity contribution in [2.45, 2.75) is 64.2 Å². The largest absolute Gasteiger partial charge is 0.300 e. The van der Waals surface area contributed by atoms with Crippen molar-refractivity contribution in [2.75, 3.05) is 6.67 Å². The Hall–Kier alpha value is -0.840. The van der Waals surface area contributed by atoms with E-state index in [4.69, 9.17) is 0 Å². The van der Waals surface area contributed by atoms with Gasteiger partial charge in [-0.1, -0.05) is 5.92 Å². The quantitative estimate of drug-likeness (QED) is 0.548. The second-order valence-electron chi connectivity index (χ2n) is 6.10. The molecule has 0 aromatic heterocycles. The van der Waals surface area contributed by atoms with Gasteiger partial charge in [-0.15, -0.1) is 5.92 Å². The lowest BCUT2D eigenvalue weighted by Gasteiger charge is -2.34. The molecule has 2 aliphatic carbocycles. The zero-order valence-electron chi connectivity index (χ0n) is 11.8. The molecule has 0 amide bonds. The summed E-state index contributed by atoms with van der Waals surface area (Å²) >= 11 is 0. The number of ketones is 1. The number of unbranched alkanes of at least 4 members (excludes halogenated alkanes) is 1. The minimum Gasteiger partial charge on any atom is -0.300 e. The Labute approximate surface area is 116 Å². The predicted molar refractivity (Wildman–Crippen MR) is 75.4 cm³/mol. The Morgan fingerprint density at radius 3 is 2.26 bits per heavy atom. The van der Waals surface area contributed by atoms with Crippen molar-refractivity contribution in [2.24, 2.45) is 17.8 Å². The highest BCUT2D eigenvalue weighted by Gasteiger charge is 2.29. The molecule has 0 aromatic carbocycles. The topological polar surface area (TPSA) is 17.1 Å². The van der Waals surface area contributed by atoms with Gasteiger partial charge in [-0.05, 0) is 56.8 Å². The summed E-state index contributed by atoms with van der Waals surface area (Å²) in [5.41, 5.74) is 0. The summed E-state index contributed by atoms with van der Waals surface area (Å²) in [6, 6.07) is 0. The minimum absolute atomic E-state index is 0.248. The lowest BCUT2D eigenvalue weighted by molar-refractivity contribution is -0.121. The number of Topliss-reactive ketones (excluding diaryl/α,β-unsaturated/α-hetero) is 1. The molecular formula is C17H25FO. The normalized spacial score (nSPS) is 28.8. The van der Waals surface area contributed by atoms with Gasteiger partial charge in [0.05, 0.1) is 6.67 Å². The van der Waals surface area contributed by atoms with Crippen LogP contribution in [0.1, 0.15) is 64.2 Å². The molecular weight excluding hydrogens is 239 g/mol. The minimum atomic E-state index is -0.248. The van der Waals surface area contributed by atoms with E-state index in [1.54, 1.807) is 0 Å². The molecule has 0 spiro atoms. The second kappa shape index (κ2) is 7.68. The van der Waals surface area contributed by atoms with Crippen molar-refractivity contribution in [3.63, 3.8) is 0 Å². The summed E-state index contributed by atoms with van der Waals surface area (Å²) in [5, 5.41) is 0.